The molecule has 0 radical (unpaired) electrons. The number of nitrogens with one attached hydrogen (secondary N) is 1. The summed E-state index contributed by atoms with van der Waals surface area (Å²) in [5, 5.41) is 3.13. The van der Waals surface area contributed by atoms with E-state index in [1.807, 2.05) is 25.1 Å². The molecule has 0 bridgehead atoms. The molecule has 1 saturated carbocycles. The maximum atomic E-state index is 12.2. The highest BCUT2D eigenvalue weighted by atomic mass is 79.9. The zero-order valence-corrected chi connectivity index (χ0v) is 12.1. The molecule has 0 unspecified atom stereocenters. The van der Waals surface area contributed by atoms with Crippen LogP contribution in [0.5, 0.6) is 0 Å². The molecule has 1 aliphatic rings. The van der Waals surface area contributed by atoms with Crippen molar-refractivity contribution in [3.63, 3.8) is 0 Å². The molecular weight excluding hydrogens is 278 g/mol. The van der Waals surface area contributed by atoms with E-state index in [-0.39, 0.29) is 11.4 Å². The number of carbonyl (C=O) groups is 1. The second-order valence-corrected chi connectivity index (χ2v) is 6.38. The highest BCUT2D eigenvalue weighted by Gasteiger charge is 2.38. The van der Waals surface area contributed by atoms with Gasteiger partial charge in [0.05, 0.1) is 0 Å². The molecule has 0 aromatic heterocycles. The second kappa shape index (κ2) is 4.45. The fourth-order valence-corrected chi connectivity index (χ4v) is 2.75. The smallest absolute Gasteiger partial charge is 0.251 e. The highest BCUT2D eigenvalue weighted by molar-refractivity contribution is 9.10. The van der Waals surface area contributed by atoms with Crippen molar-refractivity contribution in [3.05, 3.63) is 33.8 Å². The lowest BCUT2D eigenvalue weighted by Gasteiger charge is -2.26. The summed E-state index contributed by atoms with van der Waals surface area (Å²) in [7, 11) is 0. The molecule has 0 aliphatic heterocycles. The molecule has 0 atom stereocenters. The van der Waals surface area contributed by atoms with Crippen LogP contribution in [0.1, 0.15) is 42.6 Å². The summed E-state index contributed by atoms with van der Waals surface area (Å²) in [6.45, 7) is 6.20. The summed E-state index contributed by atoms with van der Waals surface area (Å²) in [4.78, 5) is 12.2. The number of rotatable bonds is 3. The van der Waals surface area contributed by atoms with Crippen LogP contribution in [0.2, 0.25) is 0 Å². The van der Waals surface area contributed by atoms with Gasteiger partial charge in [-0.05, 0) is 63.3 Å². The number of carbonyl (C=O) groups excluding carboxylic acids is 1. The summed E-state index contributed by atoms with van der Waals surface area (Å²) in [5.41, 5.74) is 1.73. The summed E-state index contributed by atoms with van der Waals surface area (Å²) in [6.07, 6.45) is 2.45. The van der Waals surface area contributed by atoms with Crippen molar-refractivity contribution in [2.75, 3.05) is 0 Å². The van der Waals surface area contributed by atoms with Gasteiger partial charge in [0, 0.05) is 15.6 Å². The maximum Gasteiger partial charge on any atom is 0.251 e. The van der Waals surface area contributed by atoms with Gasteiger partial charge in [-0.2, -0.15) is 0 Å². The minimum Gasteiger partial charge on any atom is -0.347 e. The van der Waals surface area contributed by atoms with E-state index in [4.69, 9.17) is 0 Å². The molecule has 1 aromatic rings. The van der Waals surface area contributed by atoms with Crippen molar-refractivity contribution >= 4 is 21.8 Å². The lowest BCUT2D eigenvalue weighted by molar-refractivity contribution is 0.0903. The van der Waals surface area contributed by atoms with E-state index in [0.29, 0.717) is 5.92 Å². The first-order valence-corrected chi connectivity index (χ1v) is 6.77. The standard InChI is InChI=1S/C14H18BrNO/c1-9-6-10(8-12(15)7-9)13(17)16-14(2,3)11-4-5-11/h6-8,11H,4-5H2,1-3H3,(H,16,17). The van der Waals surface area contributed by atoms with E-state index >= 15 is 0 Å². The Bertz CT molecular complexity index is 429. The van der Waals surface area contributed by atoms with Crippen LogP contribution < -0.4 is 5.32 Å². The molecule has 2 rings (SSSR count). The van der Waals surface area contributed by atoms with Crippen molar-refractivity contribution in [2.24, 2.45) is 5.92 Å². The van der Waals surface area contributed by atoms with Gasteiger partial charge < -0.3 is 5.32 Å². The Balaban J connectivity index is 2.14. The summed E-state index contributed by atoms with van der Waals surface area (Å²) < 4.78 is 0.951. The Labute approximate surface area is 111 Å². The molecule has 17 heavy (non-hydrogen) atoms. The van der Waals surface area contributed by atoms with E-state index in [2.05, 4.69) is 35.1 Å². The Kier molecular flexibility index (Phi) is 3.30. The van der Waals surface area contributed by atoms with Crippen LogP contribution in [0.3, 0.4) is 0 Å². The van der Waals surface area contributed by atoms with Gasteiger partial charge in [0.1, 0.15) is 0 Å². The molecule has 1 aliphatic carbocycles. The molecule has 1 amide bonds. The number of halogens is 1. The van der Waals surface area contributed by atoms with E-state index in [1.54, 1.807) is 0 Å². The predicted octanol–water partition coefficient (Wildman–Crippen LogP) is 3.68. The van der Waals surface area contributed by atoms with Gasteiger partial charge in [-0.25, -0.2) is 0 Å². The van der Waals surface area contributed by atoms with Crippen molar-refractivity contribution in [2.45, 2.75) is 39.2 Å². The van der Waals surface area contributed by atoms with Crippen molar-refractivity contribution in [1.29, 1.82) is 0 Å². The van der Waals surface area contributed by atoms with E-state index in [9.17, 15) is 4.79 Å². The molecule has 0 heterocycles. The molecule has 0 spiro atoms. The lowest BCUT2D eigenvalue weighted by atomic mass is 9.98. The Morgan fingerprint density at radius 2 is 2.00 bits per heavy atom. The molecule has 1 aromatic carbocycles. The number of hydrogen-bond donors (Lipinski definition) is 1. The first-order valence-electron chi connectivity index (χ1n) is 5.98. The SMILES string of the molecule is Cc1cc(Br)cc(C(=O)NC(C)(C)C2CC2)c1. The largest absolute Gasteiger partial charge is 0.347 e. The zero-order valence-electron chi connectivity index (χ0n) is 10.5. The third kappa shape index (κ3) is 3.09. The fourth-order valence-electron chi connectivity index (χ4n) is 2.14. The molecular formula is C14H18BrNO. The predicted molar refractivity (Wildman–Crippen MR) is 73.1 cm³/mol. The summed E-state index contributed by atoms with van der Waals surface area (Å²) >= 11 is 3.42. The molecule has 0 saturated heterocycles. The summed E-state index contributed by atoms with van der Waals surface area (Å²) in [6, 6.07) is 5.79. The van der Waals surface area contributed by atoms with Crippen LogP contribution in [0.15, 0.2) is 22.7 Å². The van der Waals surface area contributed by atoms with Crippen LogP contribution in [0.4, 0.5) is 0 Å². The van der Waals surface area contributed by atoms with Gasteiger partial charge in [-0.15, -0.1) is 0 Å². The molecule has 1 fully saturated rings. The highest BCUT2D eigenvalue weighted by Crippen LogP contribution is 2.39. The monoisotopic (exact) mass is 295 g/mol. The zero-order chi connectivity index (χ0) is 12.6. The quantitative estimate of drug-likeness (QED) is 0.906. The van der Waals surface area contributed by atoms with Gasteiger partial charge in [0.15, 0.2) is 0 Å². The van der Waals surface area contributed by atoms with Crippen molar-refractivity contribution in [3.8, 4) is 0 Å². The van der Waals surface area contributed by atoms with E-state index in [0.717, 1.165) is 15.6 Å². The van der Waals surface area contributed by atoms with Crippen LogP contribution in [0, 0.1) is 12.8 Å². The Morgan fingerprint density at radius 3 is 2.53 bits per heavy atom. The molecule has 1 N–H and O–H groups in total. The van der Waals surface area contributed by atoms with Crippen LogP contribution >= 0.6 is 15.9 Å². The topological polar surface area (TPSA) is 29.1 Å². The average Bonchev–Trinajstić information content (AvgIpc) is 2.98. The fraction of sp³-hybridized carbons (Fsp3) is 0.500. The van der Waals surface area contributed by atoms with Gasteiger partial charge >= 0.3 is 0 Å². The van der Waals surface area contributed by atoms with Gasteiger partial charge in [0.25, 0.3) is 5.91 Å². The van der Waals surface area contributed by atoms with Crippen molar-refractivity contribution < 1.29 is 4.79 Å². The van der Waals surface area contributed by atoms with Gasteiger partial charge in [0.2, 0.25) is 0 Å². The summed E-state index contributed by atoms with van der Waals surface area (Å²) in [5.74, 6) is 0.658. The molecule has 3 heteroatoms. The first kappa shape index (κ1) is 12.6. The number of hydrogen-bond acceptors (Lipinski definition) is 1. The van der Waals surface area contributed by atoms with Crippen LogP contribution in [-0.4, -0.2) is 11.4 Å². The number of aryl methyl sites for hydroxylation is 1. The minimum absolute atomic E-state index is 0.0197. The average molecular weight is 296 g/mol. The van der Waals surface area contributed by atoms with Crippen LogP contribution in [-0.2, 0) is 0 Å². The van der Waals surface area contributed by atoms with Crippen LogP contribution in [0.25, 0.3) is 0 Å². The maximum absolute atomic E-state index is 12.2. The number of amides is 1. The minimum atomic E-state index is -0.0900. The third-order valence-corrected chi connectivity index (χ3v) is 3.80. The van der Waals surface area contributed by atoms with Gasteiger partial charge in [-0.3, -0.25) is 4.79 Å². The Morgan fingerprint density at radius 1 is 1.35 bits per heavy atom. The number of benzene rings is 1. The first-order chi connectivity index (χ1) is 7.88. The second-order valence-electron chi connectivity index (χ2n) is 5.47. The Hall–Kier alpha value is -0.830. The van der Waals surface area contributed by atoms with Crippen molar-refractivity contribution in [1.82, 2.24) is 5.32 Å². The lowest BCUT2D eigenvalue weighted by Crippen LogP contribution is -2.45. The third-order valence-electron chi connectivity index (χ3n) is 3.34. The van der Waals surface area contributed by atoms with E-state index < -0.39 is 0 Å². The van der Waals surface area contributed by atoms with E-state index in [1.165, 1.54) is 12.8 Å². The normalized spacial score (nSPS) is 15.8. The molecule has 92 valence electrons. The molecule has 2 nitrogen and oxygen atoms in total. The van der Waals surface area contributed by atoms with Gasteiger partial charge in [-0.1, -0.05) is 15.9 Å².